The van der Waals surface area contributed by atoms with Gasteiger partial charge in [-0.1, -0.05) is 23.4 Å². The Morgan fingerprint density at radius 3 is 2.49 bits per heavy atom. The minimum atomic E-state index is -1.13. The molecule has 7 aliphatic rings. The van der Waals surface area contributed by atoms with Crippen molar-refractivity contribution in [3.05, 3.63) is 59.2 Å². The number of aryl methyl sites for hydroxylation is 1. The number of rotatable bonds is 7. The van der Waals surface area contributed by atoms with E-state index in [1.807, 2.05) is 6.92 Å². The second-order valence-electron chi connectivity index (χ2n) is 14.5. The largest absolute Gasteiger partial charge is 0.339 e. The van der Waals surface area contributed by atoms with Crippen LogP contribution in [-0.4, -0.2) is 33.2 Å². The monoisotopic (exact) mass is 596 g/mol. The van der Waals surface area contributed by atoms with E-state index >= 15 is 4.39 Å². The predicted octanol–water partition coefficient (Wildman–Crippen LogP) is 8.30. The van der Waals surface area contributed by atoms with Crippen molar-refractivity contribution in [3.63, 3.8) is 0 Å². The maximum absolute atomic E-state index is 15.0. The zero-order chi connectivity index (χ0) is 29.0. The number of hydrogen-bond acceptors (Lipinski definition) is 6. The Balaban J connectivity index is 1.02. The van der Waals surface area contributed by atoms with Gasteiger partial charge in [0.25, 0.3) is 0 Å². The Kier molecular flexibility index (Phi) is 5.62. The Morgan fingerprint density at radius 2 is 1.77 bits per heavy atom. The molecule has 2 aromatic heterocycles. The molecule has 0 aliphatic heterocycles. The van der Waals surface area contributed by atoms with Gasteiger partial charge >= 0.3 is 0 Å². The summed E-state index contributed by atoms with van der Waals surface area (Å²) in [5.41, 5.74) is 3.08. The van der Waals surface area contributed by atoms with Crippen LogP contribution in [0.25, 0.3) is 21.3 Å². The molecule has 2 aromatic carbocycles. The van der Waals surface area contributed by atoms with Crippen molar-refractivity contribution < 1.29 is 13.7 Å². The zero-order valence-corrected chi connectivity index (χ0v) is 25.5. The van der Waals surface area contributed by atoms with E-state index in [1.54, 1.807) is 11.3 Å². The summed E-state index contributed by atoms with van der Waals surface area (Å²) in [5.74, 6) is 2.32. The minimum Gasteiger partial charge on any atom is -0.339 e. The summed E-state index contributed by atoms with van der Waals surface area (Å²) in [4.78, 5) is 25.9. The number of nitrogens with zero attached hydrogens (tertiary/aromatic N) is 4. The maximum atomic E-state index is 15.0. The standard InChI is InChI=1S/C35H37FN4O2S/c1-21-37-28-8-7-24(16-29(28)43-21)23-3-2-4-26(15-23)40(31(41)27-19-35(36)17-25(27)18-35)20-33-9-12-34(13-10-33,14-11-33)32-38-30(39-42-32)22-5-6-22/h2-4,7-8,15-16,22,25,27H,5-6,9-14,17-20H2,1H3/t25?,27-,33?,34?,35?/m0/s1. The lowest BCUT2D eigenvalue weighted by molar-refractivity contribution is -0.123. The number of thiazole rings is 1. The normalized spacial score (nSPS) is 32.7. The Labute approximate surface area is 255 Å². The van der Waals surface area contributed by atoms with Gasteiger partial charge in [-0.2, -0.15) is 4.98 Å². The highest BCUT2D eigenvalue weighted by Crippen LogP contribution is 2.60. The molecule has 7 aliphatic carbocycles. The molecule has 0 radical (unpaired) electrons. The SMILES string of the molecule is Cc1nc2ccc(-c3cccc(N(CC45CCC(c6nc(C7CC7)no6)(CC4)CC5)C(=O)[C@H]4CC5(F)CC4C5)c3)cc2s1. The molecular weight excluding hydrogens is 559 g/mol. The molecule has 0 spiro atoms. The number of carbonyl (C=O) groups is 1. The smallest absolute Gasteiger partial charge is 0.232 e. The van der Waals surface area contributed by atoms with Crippen LogP contribution >= 0.6 is 11.3 Å². The average molecular weight is 597 g/mol. The lowest BCUT2D eigenvalue weighted by Gasteiger charge is -2.53. The van der Waals surface area contributed by atoms with Gasteiger partial charge in [-0.05, 0) is 124 Å². The summed E-state index contributed by atoms with van der Waals surface area (Å²) in [6.07, 6.45) is 10.0. The Bertz CT molecular complexity index is 1730. The molecule has 4 bridgehead atoms. The fraction of sp³-hybridized carbons (Fsp3) is 0.543. The lowest BCUT2D eigenvalue weighted by atomic mass is 9.53. The van der Waals surface area contributed by atoms with Crippen LogP contribution in [0.3, 0.4) is 0 Å². The van der Waals surface area contributed by atoms with Crippen molar-refractivity contribution in [2.45, 2.75) is 94.6 Å². The third-order valence-corrected chi connectivity index (χ3v) is 12.6. The van der Waals surface area contributed by atoms with Crippen LogP contribution in [0.2, 0.25) is 0 Å². The summed E-state index contributed by atoms with van der Waals surface area (Å²) >= 11 is 1.71. The third kappa shape index (κ3) is 4.30. The molecule has 1 amide bonds. The van der Waals surface area contributed by atoms with E-state index in [0.717, 1.165) is 77.6 Å². The van der Waals surface area contributed by atoms with Crippen LogP contribution in [0.1, 0.15) is 93.3 Å². The highest BCUT2D eigenvalue weighted by atomic mass is 32.1. The number of anilines is 1. The highest BCUT2D eigenvalue weighted by molar-refractivity contribution is 7.18. The zero-order valence-electron chi connectivity index (χ0n) is 24.7. The first kappa shape index (κ1) is 26.3. The van der Waals surface area contributed by atoms with Crippen molar-refractivity contribution >= 4 is 33.1 Å². The molecule has 7 fully saturated rings. The number of aromatic nitrogens is 3. The molecule has 0 unspecified atom stereocenters. The third-order valence-electron chi connectivity index (χ3n) is 11.7. The molecule has 2 heterocycles. The number of alkyl halides is 1. The maximum Gasteiger partial charge on any atom is 0.232 e. The highest BCUT2D eigenvalue weighted by Gasteiger charge is 2.60. The van der Waals surface area contributed by atoms with Gasteiger partial charge in [0.1, 0.15) is 5.67 Å². The van der Waals surface area contributed by atoms with E-state index in [-0.39, 0.29) is 28.6 Å². The first-order valence-corrected chi connectivity index (χ1v) is 16.9. The predicted molar refractivity (Wildman–Crippen MR) is 165 cm³/mol. The molecular formula is C35H37FN4O2S. The van der Waals surface area contributed by atoms with Crippen LogP contribution in [0.4, 0.5) is 10.1 Å². The van der Waals surface area contributed by atoms with Gasteiger partial charge in [0, 0.05) is 29.5 Å². The minimum absolute atomic E-state index is 0.0163. The molecule has 8 heteroatoms. The van der Waals surface area contributed by atoms with Crippen LogP contribution < -0.4 is 4.90 Å². The van der Waals surface area contributed by atoms with Crippen LogP contribution in [-0.2, 0) is 10.2 Å². The van der Waals surface area contributed by atoms with Crippen molar-refractivity contribution in [3.8, 4) is 11.1 Å². The van der Waals surface area contributed by atoms with E-state index in [2.05, 4.69) is 57.5 Å². The summed E-state index contributed by atoms with van der Waals surface area (Å²) < 4.78 is 22.1. The topological polar surface area (TPSA) is 72.1 Å². The van der Waals surface area contributed by atoms with Crippen molar-refractivity contribution in [2.75, 3.05) is 11.4 Å². The number of amides is 1. The molecule has 6 nitrogen and oxygen atoms in total. The quantitative estimate of drug-likeness (QED) is 0.215. The Hall–Kier alpha value is -3.13. The van der Waals surface area contributed by atoms with Gasteiger partial charge in [-0.15, -0.1) is 11.3 Å². The van der Waals surface area contributed by atoms with E-state index < -0.39 is 5.67 Å². The summed E-state index contributed by atoms with van der Waals surface area (Å²) in [6, 6.07) is 14.8. The van der Waals surface area contributed by atoms with Crippen LogP contribution in [0, 0.1) is 24.2 Å². The molecule has 0 N–H and O–H groups in total. The van der Waals surface area contributed by atoms with E-state index in [4.69, 9.17) is 9.51 Å². The second kappa shape index (κ2) is 9.19. The lowest BCUT2D eigenvalue weighted by Crippen LogP contribution is -2.51. The van der Waals surface area contributed by atoms with Gasteiger partial charge in [0.15, 0.2) is 5.82 Å². The fourth-order valence-electron chi connectivity index (χ4n) is 8.86. The average Bonchev–Trinajstić information content (AvgIpc) is 3.31. The van der Waals surface area contributed by atoms with Crippen LogP contribution in [0.5, 0.6) is 0 Å². The van der Waals surface area contributed by atoms with E-state index in [1.165, 1.54) is 17.5 Å². The molecule has 222 valence electrons. The number of benzene rings is 2. The molecule has 4 aromatic rings. The van der Waals surface area contributed by atoms with Crippen molar-refractivity contribution in [1.29, 1.82) is 0 Å². The molecule has 7 saturated carbocycles. The fourth-order valence-corrected chi connectivity index (χ4v) is 9.73. The molecule has 43 heavy (non-hydrogen) atoms. The van der Waals surface area contributed by atoms with Crippen molar-refractivity contribution in [2.24, 2.45) is 17.3 Å². The van der Waals surface area contributed by atoms with Gasteiger partial charge in [-0.3, -0.25) is 4.79 Å². The summed E-state index contributed by atoms with van der Waals surface area (Å²) in [7, 11) is 0. The summed E-state index contributed by atoms with van der Waals surface area (Å²) in [5, 5.41) is 5.39. The van der Waals surface area contributed by atoms with E-state index in [0.29, 0.717) is 31.7 Å². The number of carbonyl (C=O) groups excluding carboxylic acids is 1. The first-order chi connectivity index (χ1) is 20.8. The molecule has 0 saturated heterocycles. The first-order valence-electron chi connectivity index (χ1n) is 16.1. The van der Waals surface area contributed by atoms with Crippen molar-refractivity contribution in [1.82, 2.24) is 15.1 Å². The van der Waals surface area contributed by atoms with Gasteiger partial charge in [-0.25, -0.2) is 9.37 Å². The van der Waals surface area contributed by atoms with Gasteiger partial charge in [0.2, 0.25) is 11.8 Å². The molecule has 11 rings (SSSR count). The second-order valence-corrected chi connectivity index (χ2v) is 15.8. The Morgan fingerprint density at radius 1 is 1.00 bits per heavy atom. The number of halogens is 1. The van der Waals surface area contributed by atoms with Gasteiger partial charge < -0.3 is 9.42 Å². The van der Waals surface area contributed by atoms with Crippen LogP contribution in [0.15, 0.2) is 47.0 Å². The van der Waals surface area contributed by atoms with E-state index in [9.17, 15) is 4.79 Å². The summed E-state index contributed by atoms with van der Waals surface area (Å²) in [6.45, 7) is 2.73. The number of fused-ring (bicyclic) bond motifs is 5. The van der Waals surface area contributed by atoms with Gasteiger partial charge in [0.05, 0.1) is 15.2 Å². The molecule has 1 atom stereocenters. The number of hydrogen-bond donors (Lipinski definition) is 0.